The zero-order chi connectivity index (χ0) is 17.5. The van der Waals surface area contributed by atoms with Crippen LogP contribution in [0.5, 0.6) is 0 Å². The van der Waals surface area contributed by atoms with Crippen molar-refractivity contribution in [1.82, 2.24) is 10.2 Å². The summed E-state index contributed by atoms with van der Waals surface area (Å²) >= 11 is 0. The normalized spacial score (nSPS) is 11.6. The van der Waals surface area contributed by atoms with Gasteiger partial charge in [-0.1, -0.05) is 30.3 Å². The molecule has 1 atom stereocenters. The number of nitrogens with zero attached hydrogens (tertiary/aromatic N) is 1. The van der Waals surface area contributed by atoms with E-state index in [1.165, 1.54) is 4.90 Å². The van der Waals surface area contributed by atoms with Crippen molar-refractivity contribution in [2.75, 3.05) is 20.6 Å². The van der Waals surface area contributed by atoms with Gasteiger partial charge in [-0.2, -0.15) is 0 Å². The Kier molecular flexibility index (Phi) is 6.09. The summed E-state index contributed by atoms with van der Waals surface area (Å²) in [6, 6.07) is 16.1. The fraction of sp³-hybridized carbons (Fsp3) is 0.263. The Hall–Kier alpha value is -2.66. The Balaban J connectivity index is 1.87. The number of hydrogen-bond acceptors (Lipinski definition) is 3. The number of rotatable bonds is 6. The molecule has 0 saturated heterocycles. The lowest BCUT2D eigenvalue weighted by atomic mass is 10.1. The van der Waals surface area contributed by atoms with Crippen LogP contribution in [0.15, 0.2) is 54.6 Å². The number of benzene rings is 2. The van der Waals surface area contributed by atoms with E-state index in [1.54, 1.807) is 38.4 Å². The number of carbonyl (C=O) groups is 2. The first-order chi connectivity index (χ1) is 11.5. The lowest BCUT2D eigenvalue weighted by molar-refractivity contribution is 0.0826. The van der Waals surface area contributed by atoms with Gasteiger partial charge in [-0.25, -0.2) is 0 Å². The van der Waals surface area contributed by atoms with Crippen molar-refractivity contribution in [2.45, 2.75) is 12.5 Å². The van der Waals surface area contributed by atoms with Crippen molar-refractivity contribution in [3.05, 3.63) is 71.3 Å². The summed E-state index contributed by atoms with van der Waals surface area (Å²) in [4.78, 5) is 25.4. The van der Waals surface area contributed by atoms with Crippen molar-refractivity contribution in [3.8, 4) is 0 Å². The molecule has 2 rings (SSSR count). The van der Waals surface area contributed by atoms with Crippen molar-refractivity contribution in [2.24, 2.45) is 0 Å². The second-order valence-corrected chi connectivity index (χ2v) is 5.83. The van der Waals surface area contributed by atoms with E-state index in [4.69, 9.17) is 0 Å². The van der Waals surface area contributed by atoms with E-state index in [2.05, 4.69) is 5.32 Å². The van der Waals surface area contributed by atoms with Gasteiger partial charge in [0.1, 0.15) is 0 Å². The van der Waals surface area contributed by atoms with E-state index in [-0.39, 0.29) is 18.4 Å². The monoisotopic (exact) mass is 326 g/mol. The average Bonchev–Trinajstić information content (AvgIpc) is 2.60. The first kappa shape index (κ1) is 17.7. The molecule has 0 fully saturated rings. The van der Waals surface area contributed by atoms with Crippen LogP contribution in [0, 0.1) is 0 Å². The maximum Gasteiger partial charge on any atom is 0.253 e. The van der Waals surface area contributed by atoms with E-state index in [9.17, 15) is 14.7 Å². The van der Waals surface area contributed by atoms with Crippen LogP contribution < -0.4 is 5.32 Å². The lowest BCUT2D eigenvalue weighted by Crippen LogP contribution is -2.33. The molecule has 5 heteroatoms. The molecule has 0 saturated carbocycles. The average molecular weight is 326 g/mol. The molecule has 2 amide bonds. The maximum absolute atomic E-state index is 12.1. The van der Waals surface area contributed by atoms with E-state index in [0.717, 1.165) is 5.56 Å². The van der Waals surface area contributed by atoms with Gasteiger partial charge in [-0.3, -0.25) is 9.59 Å². The summed E-state index contributed by atoms with van der Waals surface area (Å²) in [6.07, 6.45) is -0.164. The number of nitrogens with one attached hydrogen (secondary N) is 1. The van der Waals surface area contributed by atoms with Crippen LogP contribution in [-0.2, 0) is 6.42 Å². The molecule has 0 aliphatic heterocycles. The second-order valence-electron chi connectivity index (χ2n) is 5.83. The van der Waals surface area contributed by atoms with Gasteiger partial charge in [0, 0.05) is 38.2 Å². The highest BCUT2D eigenvalue weighted by molar-refractivity contribution is 5.97. The summed E-state index contributed by atoms with van der Waals surface area (Å²) in [5.41, 5.74) is 2.00. The third kappa shape index (κ3) is 4.93. The van der Waals surface area contributed by atoms with Gasteiger partial charge in [-0.15, -0.1) is 0 Å². The molecular formula is C19H22N2O3. The van der Waals surface area contributed by atoms with Crippen molar-refractivity contribution >= 4 is 11.8 Å². The minimum Gasteiger partial charge on any atom is -0.391 e. The van der Waals surface area contributed by atoms with E-state index in [0.29, 0.717) is 17.5 Å². The molecule has 24 heavy (non-hydrogen) atoms. The van der Waals surface area contributed by atoms with E-state index < -0.39 is 6.10 Å². The first-order valence-electron chi connectivity index (χ1n) is 7.79. The molecule has 2 N–H and O–H groups in total. The highest BCUT2D eigenvalue weighted by Gasteiger charge is 2.12. The highest BCUT2D eigenvalue weighted by Crippen LogP contribution is 2.07. The molecule has 0 aliphatic rings. The third-order valence-corrected chi connectivity index (χ3v) is 3.61. The molecule has 0 spiro atoms. The minimum absolute atomic E-state index is 0.111. The lowest BCUT2D eigenvalue weighted by Gasteiger charge is -2.13. The van der Waals surface area contributed by atoms with Crippen LogP contribution in [0.3, 0.4) is 0 Å². The SMILES string of the molecule is CN(C)C(=O)c1ccc(C(=O)NCC(O)Cc2ccccc2)cc1. The summed E-state index contributed by atoms with van der Waals surface area (Å²) in [6.45, 7) is 0.173. The molecule has 0 heterocycles. The largest absolute Gasteiger partial charge is 0.391 e. The molecule has 0 radical (unpaired) electrons. The standard InChI is InChI=1S/C19H22N2O3/c1-21(2)19(24)16-10-8-15(9-11-16)18(23)20-13-17(22)12-14-6-4-3-5-7-14/h3-11,17,22H,12-13H2,1-2H3,(H,20,23). The summed E-state index contributed by atoms with van der Waals surface area (Å²) < 4.78 is 0. The van der Waals surface area contributed by atoms with Crippen LogP contribution >= 0.6 is 0 Å². The zero-order valence-electron chi connectivity index (χ0n) is 13.9. The number of carbonyl (C=O) groups excluding carboxylic acids is 2. The van der Waals surface area contributed by atoms with Gasteiger partial charge >= 0.3 is 0 Å². The predicted octanol–water partition coefficient (Wildman–Crippen LogP) is 1.72. The Labute approximate surface area is 141 Å². The topological polar surface area (TPSA) is 69.6 Å². The smallest absolute Gasteiger partial charge is 0.253 e. The molecule has 0 bridgehead atoms. The Morgan fingerprint density at radius 3 is 2.17 bits per heavy atom. The molecule has 126 valence electrons. The molecule has 2 aromatic carbocycles. The van der Waals surface area contributed by atoms with Crippen molar-refractivity contribution in [1.29, 1.82) is 0 Å². The zero-order valence-corrected chi connectivity index (χ0v) is 13.9. The van der Waals surface area contributed by atoms with Crippen molar-refractivity contribution < 1.29 is 14.7 Å². The maximum atomic E-state index is 12.1. The molecule has 5 nitrogen and oxygen atoms in total. The number of amides is 2. The van der Waals surface area contributed by atoms with Gasteiger partial charge < -0.3 is 15.3 Å². The second kappa shape index (κ2) is 8.26. The Bertz CT molecular complexity index is 682. The molecule has 0 aromatic heterocycles. The number of aliphatic hydroxyl groups excluding tert-OH is 1. The molecule has 2 aromatic rings. The molecule has 0 aliphatic carbocycles. The van der Waals surface area contributed by atoms with Gasteiger partial charge in [0.25, 0.3) is 11.8 Å². The highest BCUT2D eigenvalue weighted by atomic mass is 16.3. The fourth-order valence-electron chi connectivity index (χ4n) is 2.29. The first-order valence-corrected chi connectivity index (χ1v) is 7.79. The van der Waals surface area contributed by atoms with Crippen LogP contribution in [0.1, 0.15) is 26.3 Å². The Morgan fingerprint density at radius 1 is 1.00 bits per heavy atom. The number of aliphatic hydroxyl groups is 1. The van der Waals surface area contributed by atoms with Crippen LogP contribution in [0.25, 0.3) is 0 Å². The van der Waals surface area contributed by atoms with E-state index >= 15 is 0 Å². The van der Waals surface area contributed by atoms with Gasteiger partial charge in [0.15, 0.2) is 0 Å². The fourth-order valence-corrected chi connectivity index (χ4v) is 2.29. The van der Waals surface area contributed by atoms with Gasteiger partial charge in [0.05, 0.1) is 6.10 Å². The van der Waals surface area contributed by atoms with Crippen molar-refractivity contribution in [3.63, 3.8) is 0 Å². The summed E-state index contributed by atoms with van der Waals surface area (Å²) in [5, 5.41) is 12.7. The van der Waals surface area contributed by atoms with E-state index in [1.807, 2.05) is 30.3 Å². The van der Waals surface area contributed by atoms with Crippen LogP contribution in [0.2, 0.25) is 0 Å². The Morgan fingerprint density at radius 2 is 1.58 bits per heavy atom. The predicted molar refractivity (Wildman–Crippen MR) is 92.9 cm³/mol. The van der Waals surface area contributed by atoms with Gasteiger partial charge in [0.2, 0.25) is 0 Å². The molecular weight excluding hydrogens is 304 g/mol. The van der Waals surface area contributed by atoms with Gasteiger partial charge in [-0.05, 0) is 29.8 Å². The summed E-state index contributed by atoms with van der Waals surface area (Å²) in [5.74, 6) is -0.383. The number of hydrogen-bond donors (Lipinski definition) is 2. The quantitative estimate of drug-likeness (QED) is 0.849. The minimum atomic E-state index is -0.647. The molecule has 1 unspecified atom stereocenters. The third-order valence-electron chi connectivity index (χ3n) is 3.61. The van der Waals surface area contributed by atoms with Crippen LogP contribution in [-0.4, -0.2) is 48.6 Å². The van der Waals surface area contributed by atoms with Crippen LogP contribution in [0.4, 0.5) is 0 Å². The summed E-state index contributed by atoms with van der Waals surface area (Å²) in [7, 11) is 3.36.